The average molecular weight is 274 g/mol. The fourth-order valence-corrected chi connectivity index (χ4v) is 1.55. The topological polar surface area (TPSA) is 109 Å². The Morgan fingerprint density at radius 3 is 1.75 bits per heavy atom. The summed E-state index contributed by atoms with van der Waals surface area (Å²) >= 11 is 0. The van der Waals surface area contributed by atoms with Gasteiger partial charge in [0.25, 0.3) is 20.2 Å². The maximum atomic E-state index is 10.1. The van der Waals surface area contributed by atoms with Crippen molar-refractivity contribution in [3.8, 4) is 0 Å². The fourth-order valence-electron chi connectivity index (χ4n) is 0.683. The minimum Gasteiger partial charge on any atom is -0.286 e. The van der Waals surface area contributed by atoms with Crippen LogP contribution >= 0.6 is 0 Å². The first-order valence-corrected chi connectivity index (χ1v) is 7.85. The molecule has 0 aliphatic heterocycles. The molecule has 0 unspecified atom stereocenters. The van der Waals surface area contributed by atoms with Crippen molar-refractivity contribution in [3.63, 3.8) is 0 Å². The Morgan fingerprint density at radius 1 is 1.06 bits per heavy atom. The van der Waals surface area contributed by atoms with Gasteiger partial charge >= 0.3 is 0 Å². The van der Waals surface area contributed by atoms with Gasteiger partial charge in [0, 0.05) is 0 Å². The minimum atomic E-state index is -3.79. The summed E-state index contributed by atoms with van der Waals surface area (Å²) in [5.41, 5.74) is 0. The van der Waals surface area contributed by atoms with E-state index in [0.717, 1.165) is 18.9 Å². The lowest BCUT2D eigenvalue weighted by Gasteiger charge is -1.92. The summed E-state index contributed by atoms with van der Waals surface area (Å²) in [7, 11) is -7.49. The van der Waals surface area contributed by atoms with Crippen LogP contribution in [-0.2, 0) is 20.2 Å². The molecule has 0 amide bonds. The van der Waals surface area contributed by atoms with Crippen molar-refractivity contribution < 1.29 is 25.9 Å². The molecule has 16 heavy (non-hydrogen) atoms. The van der Waals surface area contributed by atoms with Gasteiger partial charge in [-0.3, -0.25) is 9.11 Å². The Hall–Kier alpha value is -0.440. The fraction of sp³-hybridized carbons (Fsp3) is 0.750. The second-order valence-electron chi connectivity index (χ2n) is 3.03. The molecule has 0 bridgehead atoms. The highest BCUT2D eigenvalue weighted by Gasteiger charge is 2.01. The Kier molecular flexibility index (Phi) is 9.73. The van der Waals surface area contributed by atoms with E-state index in [1.54, 1.807) is 0 Å². The first-order valence-electron chi connectivity index (χ1n) is 4.63. The van der Waals surface area contributed by atoms with Crippen LogP contribution in [0.5, 0.6) is 0 Å². The van der Waals surface area contributed by atoms with Crippen LogP contribution in [0.3, 0.4) is 0 Å². The summed E-state index contributed by atoms with van der Waals surface area (Å²) in [6, 6.07) is 0. The van der Waals surface area contributed by atoms with E-state index in [2.05, 4.69) is 6.58 Å². The summed E-state index contributed by atoms with van der Waals surface area (Å²) in [6.45, 7) is 5.08. The molecule has 0 aliphatic rings. The zero-order valence-electron chi connectivity index (χ0n) is 9.16. The molecule has 0 spiro atoms. The lowest BCUT2D eigenvalue weighted by Crippen LogP contribution is -2.02. The highest BCUT2D eigenvalue weighted by Crippen LogP contribution is 1.96. The molecule has 0 rings (SSSR count). The van der Waals surface area contributed by atoms with E-state index in [4.69, 9.17) is 9.11 Å². The van der Waals surface area contributed by atoms with Crippen molar-refractivity contribution in [2.24, 2.45) is 0 Å². The van der Waals surface area contributed by atoms with Crippen LogP contribution in [0.1, 0.15) is 26.2 Å². The van der Waals surface area contributed by atoms with Crippen LogP contribution < -0.4 is 0 Å². The molecule has 98 valence electrons. The second-order valence-corrected chi connectivity index (χ2v) is 6.10. The summed E-state index contributed by atoms with van der Waals surface area (Å²) < 4.78 is 55.7. The van der Waals surface area contributed by atoms with Crippen molar-refractivity contribution in [3.05, 3.63) is 12.7 Å². The van der Waals surface area contributed by atoms with Crippen molar-refractivity contribution in [2.45, 2.75) is 26.2 Å². The molecule has 0 saturated heterocycles. The molecule has 8 heteroatoms. The van der Waals surface area contributed by atoms with Crippen molar-refractivity contribution in [1.82, 2.24) is 0 Å². The van der Waals surface area contributed by atoms with E-state index in [1.807, 2.05) is 6.92 Å². The van der Waals surface area contributed by atoms with Gasteiger partial charge in [0.2, 0.25) is 0 Å². The lowest BCUT2D eigenvalue weighted by molar-refractivity contribution is 0.479. The van der Waals surface area contributed by atoms with E-state index in [0.29, 0.717) is 6.42 Å². The summed E-state index contributed by atoms with van der Waals surface area (Å²) in [6.07, 6.45) is 3.51. The number of rotatable bonds is 6. The van der Waals surface area contributed by atoms with Crippen molar-refractivity contribution >= 4 is 20.2 Å². The largest absolute Gasteiger partial charge is 0.286 e. The van der Waals surface area contributed by atoms with Gasteiger partial charge in [0.1, 0.15) is 0 Å². The molecule has 0 radical (unpaired) electrons. The summed E-state index contributed by atoms with van der Waals surface area (Å²) in [5.74, 6) is -0.464. The Balaban J connectivity index is 0. The molecule has 0 heterocycles. The number of hydrogen-bond donors (Lipinski definition) is 2. The molecule has 6 nitrogen and oxygen atoms in total. The lowest BCUT2D eigenvalue weighted by atomic mass is 10.3. The van der Waals surface area contributed by atoms with E-state index in [-0.39, 0.29) is 11.5 Å². The third-order valence-electron chi connectivity index (χ3n) is 1.33. The van der Waals surface area contributed by atoms with Gasteiger partial charge in [-0.1, -0.05) is 25.8 Å². The highest BCUT2D eigenvalue weighted by atomic mass is 32.2. The minimum absolute atomic E-state index is 0.0964. The Morgan fingerprint density at radius 2 is 1.56 bits per heavy atom. The number of unbranched alkanes of at least 4 members (excludes halogenated alkanes) is 2. The average Bonchev–Trinajstić information content (AvgIpc) is 2.01. The zero-order valence-corrected chi connectivity index (χ0v) is 10.8. The van der Waals surface area contributed by atoms with E-state index < -0.39 is 20.2 Å². The van der Waals surface area contributed by atoms with Gasteiger partial charge in [-0.2, -0.15) is 16.8 Å². The van der Waals surface area contributed by atoms with Gasteiger partial charge in [0.15, 0.2) is 0 Å². The van der Waals surface area contributed by atoms with Crippen LogP contribution in [0.25, 0.3) is 0 Å². The zero-order chi connectivity index (χ0) is 13.2. The molecule has 0 fully saturated rings. The predicted octanol–water partition coefficient (Wildman–Crippen LogP) is 1.12. The van der Waals surface area contributed by atoms with Gasteiger partial charge < -0.3 is 0 Å². The van der Waals surface area contributed by atoms with Gasteiger partial charge in [-0.05, 0) is 6.42 Å². The van der Waals surface area contributed by atoms with Crippen molar-refractivity contribution in [2.75, 3.05) is 11.5 Å². The Labute approximate surface area is 96.9 Å². The second kappa shape index (κ2) is 8.68. The molecular formula is C8H18O6S2. The maximum absolute atomic E-state index is 10.1. The molecule has 0 saturated carbocycles. The SMILES string of the molecule is C=CCS(=O)(=O)O.CCCCCS(=O)(=O)O. The summed E-state index contributed by atoms with van der Waals surface area (Å²) in [4.78, 5) is 0. The number of hydrogen-bond acceptors (Lipinski definition) is 4. The summed E-state index contributed by atoms with van der Waals surface area (Å²) in [5, 5.41) is 0. The van der Waals surface area contributed by atoms with E-state index in [1.165, 1.54) is 0 Å². The van der Waals surface area contributed by atoms with Crippen molar-refractivity contribution in [1.29, 1.82) is 0 Å². The third-order valence-corrected chi connectivity index (χ3v) is 2.80. The first kappa shape index (κ1) is 17.9. The van der Waals surface area contributed by atoms with Crippen LogP contribution in [-0.4, -0.2) is 37.4 Å². The predicted molar refractivity (Wildman–Crippen MR) is 62.6 cm³/mol. The normalized spacial score (nSPS) is 11.4. The smallest absolute Gasteiger partial charge is 0.268 e. The van der Waals surface area contributed by atoms with Crippen LogP contribution in [0.4, 0.5) is 0 Å². The van der Waals surface area contributed by atoms with Crippen LogP contribution in [0.15, 0.2) is 12.7 Å². The molecule has 0 aromatic carbocycles. The van der Waals surface area contributed by atoms with Crippen LogP contribution in [0, 0.1) is 0 Å². The molecule has 0 aromatic rings. The van der Waals surface area contributed by atoms with Gasteiger partial charge in [0.05, 0.1) is 11.5 Å². The molecule has 0 aliphatic carbocycles. The monoisotopic (exact) mass is 274 g/mol. The molecular weight excluding hydrogens is 256 g/mol. The van der Waals surface area contributed by atoms with Gasteiger partial charge in [-0.25, -0.2) is 0 Å². The standard InChI is InChI=1S/C5H12O3S.C3H6O3S/c1-2-3-4-5-9(6,7)8;1-2-3-7(4,5)6/h2-5H2,1H3,(H,6,7,8);2H,1,3H2,(H,4,5,6). The molecule has 0 aromatic heterocycles. The third kappa shape index (κ3) is 23.4. The molecule has 0 atom stereocenters. The molecule has 2 N–H and O–H groups in total. The van der Waals surface area contributed by atoms with Crippen LogP contribution in [0.2, 0.25) is 0 Å². The first-order chi connectivity index (χ1) is 7.12. The van der Waals surface area contributed by atoms with Gasteiger partial charge in [-0.15, -0.1) is 6.58 Å². The van der Waals surface area contributed by atoms with E-state index >= 15 is 0 Å². The highest BCUT2D eigenvalue weighted by molar-refractivity contribution is 7.86. The maximum Gasteiger partial charge on any atom is 0.268 e. The quantitative estimate of drug-likeness (QED) is 0.427. The Bertz CT molecular complexity index is 367. The van der Waals surface area contributed by atoms with E-state index in [9.17, 15) is 16.8 Å².